The van der Waals surface area contributed by atoms with Gasteiger partial charge in [0.1, 0.15) is 4.21 Å². The average Bonchev–Trinajstić information content (AvgIpc) is 2.66. The minimum atomic E-state index is -3.49. The molecule has 0 amide bonds. The molecule has 0 aliphatic heterocycles. The van der Waals surface area contributed by atoms with Crippen molar-refractivity contribution in [2.24, 2.45) is 5.92 Å². The largest absolute Gasteiger partial charge is 0.391 e. The second kappa shape index (κ2) is 6.14. The topological polar surface area (TPSA) is 66.4 Å². The van der Waals surface area contributed by atoms with E-state index in [1.807, 2.05) is 27.7 Å². The molecule has 1 aromatic heterocycles. The van der Waals surface area contributed by atoms with E-state index < -0.39 is 16.1 Å². The van der Waals surface area contributed by atoms with Gasteiger partial charge in [-0.2, -0.15) is 0 Å². The van der Waals surface area contributed by atoms with E-state index in [0.717, 1.165) is 16.9 Å². The Labute approximate surface area is 113 Å². The predicted octanol–water partition coefficient (Wildman–Crippen LogP) is 2.05. The van der Waals surface area contributed by atoms with Crippen LogP contribution in [0, 0.1) is 19.8 Å². The highest BCUT2D eigenvalue weighted by Gasteiger charge is 2.20. The van der Waals surface area contributed by atoms with Gasteiger partial charge in [0.05, 0.1) is 6.10 Å². The van der Waals surface area contributed by atoms with Crippen LogP contribution in [0.5, 0.6) is 0 Å². The van der Waals surface area contributed by atoms with Gasteiger partial charge < -0.3 is 5.11 Å². The van der Waals surface area contributed by atoms with E-state index in [2.05, 4.69) is 4.72 Å². The number of nitrogens with one attached hydrogen (secondary N) is 1. The average molecular weight is 291 g/mol. The highest BCUT2D eigenvalue weighted by molar-refractivity contribution is 7.91. The molecule has 0 saturated carbocycles. The maximum absolute atomic E-state index is 12.0. The SMILES string of the molecule is CCC(C)C(O)CNS(=O)(=O)c1cc(C)c(C)s1. The summed E-state index contributed by atoms with van der Waals surface area (Å²) in [5.74, 6) is 0.0829. The van der Waals surface area contributed by atoms with Gasteiger partial charge in [-0.05, 0) is 31.4 Å². The van der Waals surface area contributed by atoms with Crippen LogP contribution in [0.2, 0.25) is 0 Å². The van der Waals surface area contributed by atoms with Crippen molar-refractivity contribution in [2.75, 3.05) is 6.54 Å². The van der Waals surface area contributed by atoms with Crippen molar-refractivity contribution in [2.45, 2.75) is 44.4 Å². The Bertz CT molecular complexity index is 474. The smallest absolute Gasteiger partial charge is 0.250 e. The molecule has 1 aromatic rings. The first-order valence-corrected chi connectivity index (χ1v) is 8.32. The number of hydrogen-bond donors (Lipinski definition) is 2. The fourth-order valence-corrected chi connectivity index (χ4v) is 4.02. The summed E-state index contributed by atoms with van der Waals surface area (Å²) in [6, 6.07) is 1.66. The second-order valence-corrected chi connectivity index (χ2v) is 7.86. The van der Waals surface area contributed by atoms with Crippen LogP contribution in [0.25, 0.3) is 0 Å². The van der Waals surface area contributed by atoms with Crippen molar-refractivity contribution in [3.63, 3.8) is 0 Å². The van der Waals surface area contributed by atoms with Crippen molar-refractivity contribution in [1.29, 1.82) is 0 Å². The van der Waals surface area contributed by atoms with Gasteiger partial charge in [0.15, 0.2) is 0 Å². The van der Waals surface area contributed by atoms with Crippen LogP contribution < -0.4 is 4.72 Å². The summed E-state index contributed by atoms with van der Waals surface area (Å²) >= 11 is 1.26. The van der Waals surface area contributed by atoms with Crippen molar-refractivity contribution in [1.82, 2.24) is 4.72 Å². The molecular formula is C12H21NO3S2. The third-order valence-electron chi connectivity index (χ3n) is 3.19. The minimum Gasteiger partial charge on any atom is -0.391 e. The monoisotopic (exact) mass is 291 g/mol. The molecule has 1 heterocycles. The lowest BCUT2D eigenvalue weighted by atomic mass is 10.0. The van der Waals surface area contributed by atoms with Crippen LogP contribution in [-0.4, -0.2) is 26.2 Å². The van der Waals surface area contributed by atoms with Crippen molar-refractivity contribution in [3.8, 4) is 0 Å². The number of sulfonamides is 1. The van der Waals surface area contributed by atoms with E-state index in [-0.39, 0.29) is 12.5 Å². The summed E-state index contributed by atoms with van der Waals surface area (Å²) in [7, 11) is -3.49. The summed E-state index contributed by atoms with van der Waals surface area (Å²) in [4.78, 5) is 0.998. The molecule has 0 fully saturated rings. The molecule has 0 spiro atoms. The molecule has 0 radical (unpaired) electrons. The molecule has 0 aliphatic rings. The zero-order valence-corrected chi connectivity index (χ0v) is 12.9. The van der Waals surface area contributed by atoms with Crippen LogP contribution in [0.4, 0.5) is 0 Å². The van der Waals surface area contributed by atoms with Crippen LogP contribution in [0.1, 0.15) is 30.7 Å². The minimum absolute atomic E-state index is 0.0628. The summed E-state index contributed by atoms with van der Waals surface area (Å²) in [5.41, 5.74) is 0.975. The molecule has 0 aliphatic carbocycles. The number of rotatable bonds is 6. The first-order chi connectivity index (χ1) is 8.27. The van der Waals surface area contributed by atoms with Gasteiger partial charge in [-0.1, -0.05) is 20.3 Å². The molecule has 2 atom stereocenters. The predicted molar refractivity (Wildman–Crippen MR) is 74.4 cm³/mol. The maximum Gasteiger partial charge on any atom is 0.250 e. The van der Waals surface area contributed by atoms with Crippen LogP contribution in [-0.2, 0) is 10.0 Å². The highest BCUT2D eigenvalue weighted by Crippen LogP contribution is 2.24. The number of aliphatic hydroxyl groups is 1. The molecule has 18 heavy (non-hydrogen) atoms. The molecule has 1 rings (SSSR count). The van der Waals surface area contributed by atoms with Gasteiger partial charge >= 0.3 is 0 Å². The van der Waals surface area contributed by atoms with Crippen LogP contribution in [0.15, 0.2) is 10.3 Å². The first-order valence-electron chi connectivity index (χ1n) is 6.02. The van der Waals surface area contributed by atoms with Crippen molar-refractivity contribution >= 4 is 21.4 Å². The van der Waals surface area contributed by atoms with Crippen molar-refractivity contribution < 1.29 is 13.5 Å². The van der Waals surface area contributed by atoms with Gasteiger partial charge in [0, 0.05) is 11.4 Å². The summed E-state index contributed by atoms with van der Waals surface area (Å²) in [6.07, 6.45) is 0.173. The Morgan fingerprint density at radius 3 is 2.50 bits per heavy atom. The molecule has 2 N–H and O–H groups in total. The number of aryl methyl sites for hydroxylation is 2. The molecular weight excluding hydrogens is 270 g/mol. The fraction of sp³-hybridized carbons (Fsp3) is 0.667. The number of aliphatic hydroxyl groups excluding tert-OH is 1. The summed E-state index contributed by atoms with van der Waals surface area (Å²) in [6.45, 7) is 7.71. The Morgan fingerprint density at radius 1 is 1.44 bits per heavy atom. The van der Waals surface area contributed by atoms with Gasteiger partial charge in [0.25, 0.3) is 0 Å². The lowest BCUT2D eigenvalue weighted by Gasteiger charge is -2.17. The van der Waals surface area contributed by atoms with Crippen LogP contribution >= 0.6 is 11.3 Å². The Hall–Kier alpha value is -0.430. The second-order valence-electron chi connectivity index (χ2n) is 4.61. The van der Waals surface area contributed by atoms with Gasteiger partial charge in [-0.25, -0.2) is 13.1 Å². The van der Waals surface area contributed by atoms with E-state index in [0.29, 0.717) is 4.21 Å². The Morgan fingerprint density at radius 2 is 2.06 bits per heavy atom. The van der Waals surface area contributed by atoms with Crippen molar-refractivity contribution in [3.05, 3.63) is 16.5 Å². The number of thiophene rings is 1. The normalized spacial score (nSPS) is 15.6. The lowest BCUT2D eigenvalue weighted by Crippen LogP contribution is -2.35. The van der Waals surface area contributed by atoms with E-state index in [4.69, 9.17) is 0 Å². The van der Waals surface area contributed by atoms with Gasteiger partial charge in [-0.15, -0.1) is 11.3 Å². The van der Waals surface area contributed by atoms with E-state index in [1.165, 1.54) is 11.3 Å². The van der Waals surface area contributed by atoms with E-state index >= 15 is 0 Å². The third-order valence-corrected chi connectivity index (χ3v) is 6.24. The Kier molecular flexibility index (Phi) is 5.33. The maximum atomic E-state index is 12.0. The fourth-order valence-electron chi connectivity index (χ4n) is 1.41. The lowest BCUT2D eigenvalue weighted by molar-refractivity contribution is 0.118. The molecule has 0 bridgehead atoms. The highest BCUT2D eigenvalue weighted by atomic mass is 32.2. The number of hydrogen-bond acceptors (Lipinski definition) is 4. The summed E-state index contributed by atoms with van der Waals surface area (Å²) < 4.78 is 26.8. The Balaban J connectivity index is 2.71. The molecule has 104 valence electrons. The van der Waals surface area contributed by atoms with Crippen LogP contribution in [0.3, 0.4) is 0 Å². The quantitative estimate of drug-likeness (QED) is 0.843. The van der Waals surface area contributed by atoms with E-state index in [9.17, 15) is 13.5 Å². The molecule has 6 heteroatoms. The third kappa shape index (κ3) is 3.78. The molecule has 0 aromatic carbocycles. The van der Waals surface area contributed by atoms with Gasteiger partial charge in [0.2, 0.25) is 10.0 Å². The standard InChI is InChI=1S/C12H21NO3S2/c1-5-8(2)11(14)7-13-18(15,16)12-6-9(3)10(4)17-12/h6,8,11,13-14H,5,7H2,1-4H3. The van der Waals surface area contributed by atoms with E-state index in [1.54, 1.807) is 6.07 Å². The van der Waals surface area contributed by atoms with Gasteiger partial charge in [-0.3, -0.25) is 0 Å². The summed E-state index contributed by atoms with van der Waals surface area (Å²) in [5, 5.41) is 9.76. The molecule has 4 nitrogen and oxygen atoms in total. The zero-order valence-electron chi connectivity index (χ0n) is 11.2. The molecule has 0 saturated heterocycles. The zero-order chi connectivity index (χ0) is 13.9. The molecule has 2 unspecified atom stereocenters. The first kappa shape index (κ1) is 15.6.